The van der Waals surface area contributed by atoms with Crippen LogP contribution < -0.4 is 19.5 Å². The summed E-state index contributed by atoms with van der Waals surface area (Å²) in [5.74, 6) is -0.934. The van der Waals surface area contributed by atoms with E-state index >= 15 is 0 Å². The number of thioether (sulfide) groups is 1. The number of alkyl halides is 3. The fourth-order valence-electron chi connectivity index (χ4n) is 4.40. The number of rotatable bonds is 11. The number of halogens is 3. The van der Waals surface area contributed by atoms with E-state index in [0.717, 1.165) is 12.1 Å². The molecular weight excluding hydrogens is 611 g/mol. The summed E-state index contributed by atoms with van der Waals surface area (Å²) < 4.78 is 56.2. The number of benzene rings is 3. The van der Waals surface area contributed by atoms with Gasteiger partial charge in [0.2, 0.25) is 5.91 Å². The Labute approximate surface area is 260 Å². The Kier molecular flexibility index (Phi) is 10.2. The third-order valence-electron chi connectivity index (χ3n) is 6.52. The van der Waals surface area contributed by atoms with E-state index in [1.807, 2.05) is 0 Å². The third kappa shape index (κ3) is 7.66. The Morgan fingerprint density at radius 1 is 1.07 bits per heavy atom. The second-order valence-electron chi connectivity index (χ2n) is 9.49. The maximum atomic E-state index is 13.2. The zero-order valence-corrected chi connectivity index (χ0v) is 24.9. The van der Waals surface area contributed by atoms with Crippen molar-refractivity contribution in [3.63, 3.8) is 0 Å². The Hall–Kier alpha value is -5.22. The van der Waals surface area contributed by atoms with Crippen molar-refractivity contribution in [3.05, 3.63) is 100.0 Å². The molecule has 0 saturated carbocycles. The minimum absolute atomic E-state index is 0.0210. The van der Waals surface area contributed by atoms with Gasteiger partial charge in [0.25, 0.3) is 11.1 Å². The van der Waals surface area contributed by atoms with Crippen LogP contribution in [0.15, 0.2) is 72.2 Å². The Morgan fingerprint density at radius 3 is 2.47 bits per heavy atom. The van der Waals surface area contributed by atoms with E-state index in [9.17, 15) is 32.8 Å². The van der Waals surface area contributed by atoms with Gasteiger partial charge in [0.1, 0.15) is 18.9 Å². The summed E-state index contributed by atoms with van der Waals surface area (Å²) in [7, 11) is 2.67. The summed E-state index contributed by atoms with van der Waals surface area (Å²) in [4.78, 5) is 39.3. The molecule has 9 nitrogen and oxygen atoms in total. The lowest BCUT2D eigenvalue weighted by molar-refractivity contribution is -0.137. The SMILES string of the molecule is C=CCc1cc(/C=C2\SC(=O)N(CC(=O)Nc3cc(C(F)(F)F)ccc3OC)C2=O)cc(OC)c1OCc1ccccc1C#N. The molecule has 0 bridgehead atoms. The summed E-state index contributed by atoms with van der Waals surface area (Å²) in [6.45, 7) is 3.14. The van der Waals surface area contributed by atoms with Crippen molar-refractivity contribution < 1.29 is 41.8 Å². The number of ether oxygens (including phenoxy) is 3. The van der Waals surface area contributed by atoms with Crippen LogP contribution in [0, 0.1) is 11.3 Å². The molecule has 13 heteroatoms. The van der Waals surface area contributed by atoms with Crippen molar-refractivity contribution in [1.29, 1.82) is 5.26 Å². The Balaban J connectivity index is 1.54. The van der Waals surface area contributed by atoms with E-state index in [-0.39, 0.29) is 22.9 Å². The minimum Gasteiger partial charge on any atom is -0.495 e. The van der Waals surface area contributed by atoms with Gasteiger partial charge in [-0.05, 0) is 66.2 Å². The van der Waals surface area contributed by atoms with Gasteiger partial charge < -0.3 is 19.5 Å². The predicted octanol–water partition coefficient (Wildman–Crippen LogP) is 6.58. The van der Waals surface area contributed by atoms with Gasteiger partial charge in [0, 0.05) is 11.1 Å². The standard InChI is InChI=1S/C32H26F3N3O6S/c1-4-7-20-12-19(13-26(43-3)29(20)44-18-22-9-6-5-8-21(22)16-36)14-27-30(40)38(31(41)45-27)17-28(39)37-24-15-23(32(33,34)35)10-11-25(24)42-2/h4-6,8-15H,1,7,17-18H2,2-3H3,(H,37,39)/b27-14-. The average Bonchev–Trinajstić information content (AvgIpc) is 3.27. The number of hydrogen-bond donors (Lipinski definition) is 1. The normalized spacial score (nSPS) is 13.9. The second kappa shape index (κ2) is 14.0. The molecule has 1 aliphatic rings. The molecule has 45 heavy (non-hydrogen) atoms. The van der Waals surface area contributed by atoms with Gasteiger partial charge in [-0.3, -0.25) is 19.3 Å². The van der Waals surface area contributed by atoms with Crippen molar-refractivity contribution in [2.45, 2.75) is 19.2 Å². The first-order valence-corrected chi connectivity index (χ1v) is 14.0. The highest BCUT2D eigenvalue weighted by Gasteiger charge is 2.37. The molecule has 0 atom stereocenters. The highest BCUT2D eigenvalue weighted by molar-refractivity contribution is 8.18. The zero-order valence-electron chi connectivity index (χ0n) is 24.1. The van der Waals surface area contributed by atoms with Crippen LogP contribution in [0.1, 0.15) is 27.8 Å². The lowest BCUT2D eigenvalue weighted by Gasteiger charge is -2.16. The molecule has 3 aromatic rings. The maximum absolute atomic E-state index is 13.2. The number of allylic oxidation sites excluding steroid dienone is 1. The first-order chi connectivity index (χ1) is 21.5. The van der Waals surface area contributed by atoms with Crippen molar-refractivity contribution in [1.82, 2.24) is 4.90 Å². The van der Waals surface area contributed by atoms with Gasteiger partial charge in [-0.2, -0.15) is 18.4 Å². The van der Waals surface area contributed by atoms with E-state index in [0.29, 0.717) is 62.9 Å². The predicted molar refractivity (Wildman–Crippen MR) is 162 cm³/mol. The fraction of sp³-hybridized carbons (Fsp3) is 0.188. The fourth-order valence-corrected chi connectivity index (χ4v) is 5.24. The van der Waals surface area contributed by atoms with Gasteiger partial charge in [-0.15, -0.1) is 6.58 Å². The summed E-state index contributed by atoms with van der Waals surface area (Å²) in [6.07, 6.45) is -1.18. The molecular formula is C32H26F3N3O6S. The van der Waals surface area contributed by atoms with Crippen molar-refractivity contribution >= 4 is 40.6 Å². The number of carbonyl (C=O) groups is 3. The summed E-state index contributed by atoms with van der Waals surface area (Å²) >= 11 is 0.609. The van der Waals surface area contributed by atoms with E-state index in [4.69, 9.17) is 14.2 Å². The topological polar surface area (TPSA) is 118 Å². The molecule has 1 fully saturated rings. The van der Waals surface area contributed by atoms with Gasteiger partial charge in [-0.25, -0.2) is 0 Å². The van der Waals surface area contributed by atoms with Gasteiger partial charge in [0.15, 0.2) is 11.5 Å². The van der Waals surface area contributed by atoms with Crippen molar-refractivity contribution in [3.8, 4) is 23.3 Å². The van der Waals surface area contributed by atoms with Crippen molar-refractivity contribution in [2.75, 3.05) is 26.1 Å². The summed E-state index contributed by atoms with van der Waals surface area (Å²) in [5, 5.41) is 10.9. The largest absolute Gasteiger partial charge is 0.495 e. The average molecular weight is 638 g/mol. The Bertz CT molecular complexity index is 1730. The van der Waals surface area contributed by atoms with E-state index in [1.54, 1.807) is 42.5 Å². The Morgan fingerprint density at radius 2 is 1.80 bits per heavy atom. The number of nitrogens with one attached hydrogen (secondary N) is 1. The monoisotopic (exact) mass is 637 g/mol. The third-order valence-corrected chi connectivity index (χ3v) is 7.43. The number of nitriles is 1. The van der Waals surface area contributed by atoms with Gasteiger partial charge >= 0.3 is 6.18 Å². The number of nitrogens with zero attached hydrogens (tertiary/aromatic N) is 2. The second-order valence-corrected chi connectivity index (χ2v) is 10.5. The van der Waals surface area contributed by atoms with Crippen LogP contribution in [-0.2, 0) is 28.8 Å². The molecule has 1 aliphatic heterocycles. The number of imide groups is 1. The summed E-state index contributed by atoms with van der Waals surface area (Å²) in [5.41, 5.74) is 1.04. The molecule has 1 N–H and O–H groups in total. The first-order valence-electron chi connectivity index (χ1n) is 13.2. The van der Waals surface area contributed by atoms with Crippen LogP contribution in [-0.4, -0.2) is 42.7 Å². The van der Waals surface area contributed by atoms with Crippen LogP contribution in [0.25, 0.3) is 6.08 Å². The smallest absolute Gasteiger partial charge is 0.416 e. The quantitative estimate of drug-likeness (QED) is 0.185. The van der Waals surface area contributed by atoms with Gasteiger partial charge in [0.05, 0.1) is 42.0 Å². The molecule has 0 unspecified atom stereocenters. The van der Waals surface area contributed by atoms with Crippen LogP contribution in [0.4, 0.5) is 23.7 Å². The van der Waals surface area contributed by atoms with Crippen LogP contribution >= 0.6 is 11.8 Å². The highest BCUT2D eigenvalue weighted by Crippen LogP contribution is 2.38. The van der Waals surface area contributed by atoms with E-state index in [2.05, 4.69) is 18.0 Å². The van der Waals surface area contributed by atoms with Crippen LogP contribution in [0.5, 0.6) is 17.2 Å². The highest BCUT2D eigenvalue weighted by atomic mass is 32.2. The van der Waals surface area contributed by atoms with E-state index in [1.165, 1.54) is 20.3 Å². The number of amides is 3. The first kappa shape index (κ1) is 32.7. The molecule has 0 radical (unpaired) electrons. The molecule has 0 aliphatic carbocycles. The van der Waals surface area contributed by atoms with Gasteiger partial charge in [-0.1, -0.05) is 24.3 Å². The number of anilines is 1. The molecule has 1 heterocycles. The number of carbonyl (C=O) groups excluding carboxylic acids is 3. The molecule has 0 spiro atoms. The molecule has 1 saturated heterocycles. The molecule has 0 aromatic heterocycles. The summed E-state index contributed by atoms with van der Waals surface area (Å²) in [6, 6.07) is 15.0. The number of hydrogen-bond acceptors (Lipinski definition) is 8. The van der Waals surface area contributed by atoms with E-state index < -0.39 is 35.3 Å². The zero-order chi connectivity index (χ0) is 32.7. The lowest BCUT2D eigenvalue weighted by Crippen LogP contribution is -2.36. The van der Waals surface area contributed by atoms with Crippen molar-refractivity contribution in [2.24, 2.45) is 0 Å². The van der Waals surface area contributed by atoms with Crippen LogP contribution in [0.3, 0.4) is 0 Å². The lowest BCUT2D eigenvalue weighted by atomic mass is 10.0. The molecule has 3 amide bonds. The van der Waals surface area contributed by atoms with Crippen LogP contribution in [0.2, 0.25) is 0 Å². The number of methoxy groups -OCH3 is 2. The minimum atomic E-state index is -4.66. The molecule has 4 rings (SSSR count). The maximum Gasteiger partial charge on any atom is 0.416 e. The molecule has 232 valence electrons. The molecule has 3 aromatic carbocycles.